The first-order chi connectivity index (χ1) is 14.0. The molecule has 0 radical (unpaired) electrons. The van der Waals surface area contributed by atoms with Gasteiger partial charge < -0.3 is 14.7 Å². The summed E-state index contributed by atoms with van der Waals surface area (Å²) in [7, 11) is 0. The minimum Gasteiger partial charge on any atom is -0.337 e. The summed E-state index contributed by atoms with van der Waals surface area (Å²) in [5.74, 6) is 0.888. The third-order valence-corrected chi connectivity index (χ3v) is 4.88. The number of likely N-dealkylation sites (tertiary alicyclic amines) is 1. The smallest absolute Gasteiger partial charge is 0.322 e. The van der Waals surface area contributed by atoms with E-state index in [0.717, 1.165) is 24.0 Å². The van der Waals surface area contributed by atoms with Gasteiger partial charge in [-0.15, -0.1) is 0 Å². The Morgan fingerprint density at radius 3 is 2.62 bits per heavy atom. The number of aromatic nitrogens is 2. The van der Waals surface area contributed by atoms with Crippen LogP contribution in [0.25, 0.3) is 11.4 Å². The number of non-ortho nitro benzene ring substituents is 1. The SMILES string of the molecule is Cc1ccc(-c2noc([C@H]3CCCN3C(=O)Nc3ccc([N+](=O)[O-])cc3)n2)cc1. The van der Waals surface area contributed by atoms with Crippen LogP contribution in [-0.4, -0.2) is 32.5 Å². The number of anilines is 1. The number of nitrogens with one attached hydrogen (secondary N) is 1. The highest BCUT2D eigenvalue weighted by Gasteiger charge is 2.34. The highest BCUT2D eigenvalue weighted by molar-refractivity contribution is 5.89. The first kappa shape index (κ1) is 18.6. The quantitative estimate of drug-likeness (QED) is 0.521. The van der Waals surface area contributed by atoms with Crippen LogP contribution in [0.5, 0.6) is 0 Å². The molecule has 0 unspecified atom stereocenters. The van der Waals surface area contributed by atoms with E-state index in [1.54, 1.807) is 4.90 Å². The Balaban J connectivity index is 1.48. The van der Waals surface area contributed by atoms with Crippen molar-refractivity contribution in [2.24, 2.45) is 0 Å². The van der Waals surface area contributed by atoms with Crippen molar-refractivity contribution >= 4 is 17.4 Å². The van der Waals surface area contributed by atoms with E-state index in [-0.39, 0.29) is 17.8 Å². The molecule has 1 aliphatic rings. The van der Waals surface area contributed by atoms with Crippen molar-refractivity contribution in [1.29, 1.82) is 0 Å². The Morgan fingerprint density at radius 2 is 1.93 bits per heavy atom. The first-order valence-electron chi connectivity index (χ1n) is 9.24. The molecule has 1 fully saturated rings. The van der Waals surface area contributed by atoms with E-state index in [4.69, 9.17) is 4.52 Å². The van der Waals surface area contributed by atoms with Crippen molar-refractivity contribution in [3.8, 4) is 11.4 Å². The Morgan fingerprint density at radius 1 is 1.21 bits per heavy atom. The molecule has 3 aromatic rings. The predicted octanol–water partition coefficient (Wildman–Crippen LogP) is 4.32. The van der Waals surface area contributed by atoms with E-state index >= 15 is 0 Å². The molecule has 1 N–H and O–H groups in total. The van der Waals surface area contributed by atoms with Gasteiger partial charge in [-0.25, -0.2) is 4.79 Å². The summed E-state index contributed by atoms with van der Waals surface area (Å²) in [6.45, 7) is 2.57. The van der Waals surface area contributed by atoms with E-state index < -0.39 is 4.92 Å². The van der Waals surface area contributed by atoms with Crippen molar-refractivity contribution in [3.05, 3.63) is 70.1 Å². The van der Waals surface area contributed by atoms with Crippen LogP contribution in [0, 0.1) is 17.0 Å². The lowest BCUT2D eigenvalue weighted by Gasteiger charge is -2.22. The Bertz CT molecular complexity index is 1030. The monoisotopic (exact) mass is 393 g/mol. The zero-order valence-electron chi connectivity index (χ0n) is 15.7. The van der Waals surface area contributed by atoms with Crippen molar-refractivity contribution in [1.82, 2.24) is 15.0 Å². The molecule has 0 spiro atoms. The zero-order valence-corrected chi connectivity index (χ0v) is 15.7. The Kier molecular flexibility index (Phi) is 4.94. The molecule has 2 amide bonds. The number of nitrogens with zero attached hydrogens (tertiary/aromatic N) is 4. The molecular formula is C20H19N5O4. The van der Waals surface area contributed by atoms with Crippen LogP contribution >= 0.6 is 0 Å². The van der Waals surface area contributed by atoms with Gasteiger partial charge in [0.1, 0.15) is 6.04 Å². The molecule has 9 nitrogen and oxygen atoms in total. The molecule has 9 heteroatoms. The van der Waals surface area contributed by atoms with Crippen LogP contribution in [-0.2, 0) is 0 Å². The molecule has 2 heterocycles. The molecule has 1 aliphatic heterocycles. The second kappa shape index (κ2) is 7.70. The average Bonchev–Trinajstić information content (AvgIpc) is 3.38. The van der Waals surface area contributed by atoms with Crippen LogP contribution in [0.4, 0.5) is 16.2 Å². The fourth-order valence-corrected chi connectivity index (χ4v) is 3.32. The van der Waals surface area contributed by atoms with Crippen molar-refractivity contribution in [2.45, 2.75) is 25.8 Å². The molecule has 148 valence electrons. The second-order valence-electron chi connectivity index (χ2n) is 6.91. The van der Waals surface area contributed by atoms with Crippen molar-refractivity contribution < 1.29 is 14.2 Å². The average molecular weight is 393 g/mol. The molecule has 1 aromatic heterocycles. The van der Waals surface area contributed by atoms with Crippen LogP contribution in [0.15, 0.2) is 53.1 Å². The highest BCUT2D eigenvalue weighted by atomic mass is 16.6. The van der Waals surface area contributed by atoms with Gasteiger partial charge in [0.25, 0.3) is 5.69 Å². The largest absolute Gasteiger partial charge is 0.337 e. The summed E-state index contributed by atoms with van der Waals surface area (Å²) in [5, 5.41) is 17.6. The molecular weight excluding hydrogens is 374 g/mol. The fraction of sp³-hybridized carbons (Fsp3) is 0.250. The maximum atomic E-state index is 12.7. The van der Waals surface area contributed by atoms with Crippen molar-refractivity contribution in [3.63, 3.8) is 0 Å². The van der Waals surface area contributed by atoms with Crippen LogP contribution in [0.3, 0.4) is 0 Å². The topological polar surface area (TPSA) is 114 Å². The van der Waals surface area contributed by atoms with Gasteiger partial charge in [0.05, 0.1) is 4.92 Å². The lowest BCUT2D eigenvalue weighted by atomic mass is 10.1. The minimum atomic E-state index is -0.483. The predicted molar refractivity (Wildman–Crippen MR) is 105 cm³/mol. The van der Waals surface area contributed by atoms with Gasteiger partial charge >= 0.3 is 6.03 Å². The number of nitro benzene ring substituents is 1. The van der Waals surface area contributed by atoms with Gasteiger partial charge in [0.2, 0.25) is 11.7 Å². The number of hydrogen-bond acceptors (Lipinski definition) is 6. The summed E-state index contributed by atoms with van der Waals surface area (Å²) >= 11 is 0. The van der Waals surface area contributed by atoms with Gasteiger partial charge in [-0.3, -0.25) is 10.1 Å². The number of amides is 2. The number of nitro groups is 1. The number of aryl methyl sites for hydroxylation is 1. The van der Waals surface area contributed by atoms with Gasteiger partial charge in [-0.2, -0.15) is 4.98 Å². The van der Waals surface area contributed by atoms with Gasteiger partial charge in [-0.05, 0) is 31.9 Å². The molecule has 1 atom stereocenters. The normalized spacial score (nSPS) is 16.0. The molecule has 1 saturated heterocycles. The lowest BCUT2D eigenvalue weighted by molar-refractivity contribution is -0.384. The number of benzene rings is 2. The molecule has 4 rings (SSSR count). The third kappa shape index (κ3) is 3.93. The number of rotatable bonds is 4. The maximum absolute atomic E-state index is 12.7. The molecule has 0 bridgehead atoms. The first-order valence-corrected chi connectivity index (χ1v) is 9.24. The van der Waals surface area contributed by atoms with E-state index in [9.17, 15) is 14.9 Å². The number of carbonyl (C=O) groups is 1. The van der Waals surface area contributed by atoms with E-state index in [1.807, 2.05) is 31.2 Å². The third-order valence-electron chi connectivity index (χ3n) is 4.88. The minimum absolute atomic E-state index is 0.0310. The summed E-state index contributed by atoms with van der Waals surface area (Å²) < 4.78 is 5.45. The summed E-state index contributed by atoms with van der Waals surface area (Å²) in [6, 6.07) is 12.9. The summed E-state index contributed by atoms with van der Waals surface area (Å²) in [6.07, 6.45) is 1.55. The fourth-order valence-electron chi connectivity index (χ4n) is 3.32. The number of hydrogen-bond donors (Lipinski definition) is 1. The maximum Gasteiger partial charge on any atom is 0.322 e. The Labute approximate surface area is 166 Å². The van der Waals surface area contributed by atoms with Crippen LogP contribution in [0.2, 0.25) is 0 Å². The van der Waals surface area contributed by atoms with Gasteiger partial charge in [0, 0.05) is 29.9 Å². The standard InChI is InChI=1S/C20H19N5O4/c1-13-4-6-14(7-5-13)18-22-19(29-23-18)17-3-2-12-24(17)20(26)21-15-8-10-16(11-9-15)25(27)28/h4-11,17H,2-3,12H2,1H3,(H,21,26)/t17-/m1/s1. The van der Waals surface area contributed by atoms with Gasteiger partial charge in [-0.1, -0.05) is 35.0 Å². The number of carbonyl (C=O) groups excluding carboxylic acids is 1. The molecule has 0 saturated carbocycles. The van der Waals surface area contributed by atoms with Gasteiger partial charge in [0.15, 0.2) is 0 Å². The molecule has 2 aromatic carbocycles. The number of urea groups is 1. The van der Waals surface area contributed by atoms with Crippen LogP contribution < -0.4 is 5.32 Å². The second-order valence-corrected chi connectivity index (χ2v) is 6.91. The van der Waals surface area contributed by atoms with E-state index in [2.05, 4.69) is 15.5 Å². The van der Waals surface area contributed by atoms with E-state index in [0.29, 0.717) is 23.9 Å². The molecule has 0 aliphatic carbocycles. The Hall–Kier alpha value is -3.75. The zero-order chi connectivity index (χ0) is 20.4. The molecule has 29 heavy (non-hydrogen) atoms. The van der Waals surface area contributed by atoms with Crippen LogP contribution in [0.1, 0.15) is 30.3 Å². The highest BCUT2D eigenvalue weighted by Crippen LogP contribution is 2.32. The summed E-state index contributed by atoms with van der Waals surface area (Å²) in [4.78, 5) is 29.1. The lowest BCUT2D eigenvalue weighted by Crippen LogP contribution is -2.34. The van der Waals surface area contributed by atoms with Crippen molar-refractivity contribution in [2.75, 3.05) is 11.9 Å². The van der Waals surface area contributed by atoms with E-state index in [1.165, 1.54) is 24.3 Å². The summed E-state index contributed by atoms with van der Waals surface area (Å²) in [5.41, 5.74) is 2.45.